The lowest BCUT2D eigenvalue weighted by Crippen LogP contribution is -2.35. The summed E-state index contributed by atoms with van der Waals surface area (Å²) >= 11 is 0. The van der Waals surface area contributed by atoms with Crippen molar-refractivity contribution in [2.45, 2.75) is 25.8 Å². The lowest BCUT2D eigenvalue weighted by Gasteiger charge is -2.24. The van der Waals surface area contributed by atoms with Crippen LogP contribution in [0.1, 0.15) is 24.8 Å². The van der Waals surface area contributed by atoms with Gasteiger partial charge in [0.05, 0.1) is 6.07 Å². The van der Waals surface area contributed by atoms with Crippen molar-refractivity contribution in [3.05, 3.63) is 35.9 Å². The fourth-order valence-corrected chi connectivity index (χ4v) is 3.28. The number of amides is 1. The molecule has 3 rings (SSSR count). The zero-order valence-electron chi connectivity index (χ0n) is 11.0. The van der Waals surface area contributed by atoms with E-state index < -0.39 is 0 Å². The minimum absolute atomic E-state index is 0.167. The summed E-state index contributed by atoms with van der Waals surface area (Å²) in [6.07, 6.45) is 3.40. The first-order valence-corrected chi connectivity index (χ1v) is 6.97. The molecule has 0 saturated heterocycles. The van der Waals surface area contributed by atoms with E-state index >= 15 is 0 Å². The summed E-state index contributed by atoms with van der Waals surface area (Å²) in [5, 5.41) is 8.92. The standard InChI is InChI=1S/C16H18N2O/c17-6-7-18(11-12-4-2-1-3-5-12)16(19)15-9-13-8-14(13)10-15/h1-5,13-15H,7-11H2. The molecule has 0 aliphatic heterocycles. The number of hydrogen-bond acceptors (Lipinski definition) is 2. The van der Waals surface area contributed by atoms with E-state index in [1.807, 2.05) is 30.3 Å². The number of carbonyl (C=O) groups is 1. The van der Waals surface area contributed by atoms with Crippen LogP contribution >= 0.6 is 0 Å². The van der Waals surface area contributed by atoms with Crippen molar-refractivity contribution in [1.82, 2.24) is 4.90 Å². The van der Waals surface area contributed by atoms with Crippen LogP contribution in [0, 0.1) is 29.1 Å². The van der Waals surface area contributed by atoms with E-state index in [4.69, 9.17) is 5.26 Å². The highest BCUT2D eigenvalue weighted by Crippen LogP contribution is 2.54. The average Bonchev–Trinajstić information content (AvgIpc) is 3.05. The summed E-state index contributed by atoms with van der Waals surface area (Å²) < 4.78 is 0. The van der Waals surface area contributed by atoms with Crippen LogP contribution in [0.3, 0.4) is 0 Å². The van der Waals surface area contributed by atoms with Crippen LogP contribution in [0.4, 0.5) is 0 Å². The normalized spacial score (nSPS) is 27.4. The van der Waals surface area contributed by atoms with Crippen LogP contribution in [-0.4, -0.2) is 17.4 Å². The van der Waals surface area contributed by atoms with Crippen LogP contribution in [0.25, 0.3) is 0 Å². The first-order chi connectivity index (χ1) is 9.28. The number of carbonyl (C=O) groups excluding carboxylic acids is 1. The largest absolute Gasteiger partial charge is 0.325 e. The van der Waals surface area contributed by atoms with Gasteiger partial charge in [0.25, 0.3) is 0 Å². The zero-order valence-corrected chi connectivity index (χ0v) is 11.0. The van der Waals surface area contributed by atoms with Gasteiger partial charge in [0.15, 0.2) is 0 Å². The minimum Gasteiger partial charge on any atom is -0.325 e. The molecule has 0 radical (unpaired) electrons. The van der Waals surface area contributed by atoms with Gasteiger partial charge in [-0.2, -0.15) is 5.26 Å². The Bertz CT molecular complexity index is 495. The number of nitriles is 1. The first-order valence-electron chi connectivity index (χ1n) is 6.97. The third-order valence-corrected chi connectivity index (χ3v) is 4.38. The van der Waals surface area contributed by atoms with Crippen LogP contribution in [0.2, 0.25) is 0 Å². The Morgan fingerprint density at radius 3 is 2.53 bits per heavy atom. The molecular weight excluding hydrogens is 236 g/mol. The highest BCUT2D eigenvalue weighted by molar-refractivity contribution is 5.79. The maximum absolute atomic E-state index is 12.5. The molecule has 0 aromatic heterocycles. The summed E-state index contributed by atoms with van der Waals surface area (Å²) in [7, 11) is 0. The van der Waals surface area contributed by atoms with Crippen molar-refractivity contribution >= 4 is 5.91 Å². The molecule has 2 unspecified atom stereocenters. The zero-order chi connectivity index (χ0) is 13.2. The second-order valence-corrected chi connectivity index (χ2v) is 5.76. The van der Waals surface area contributed by atoms with Gasteiger partial charge in [-0.3, -0.25) is 4.79 Å². The second-order valence-electron chi connectivity index (χ2n) is 5.76. The van der Waals surface area contributed by atoms with Crippen molar-refractivity contribution < 1.29 is 4.79 Å². The van der Waals surface area contributed by atoms with Crippen molar-refractivity contribution in [2.24, 2.45) is 17.8 Å². The Morgan fingerprint density at radius 2 is 1.89 bits per heavy atom. The summed E-state index contributed by atoms with van der Waals surface area (Å²) in [6, 6.07) is 12.0. The highest BCUT2D eigenvalue weighted by atomic mass is 16.2. The predicted molar refractivity (Wildman–Crippen MR) is 71.8 cm³/mol. The maximum atomic E-state index is 12.5. The number of fused-ring (bicyclic) bond motifs is 1. The lowest BCUT2D eigenvalue weighted by molar-refractivity contribution is -0.135. The molecule has 2 saturated carbocycles. The summed E-state index contributed by atoms with van der Waals surface area (Å²) in [6.45, 7) is 0.749. The van der Waals surface area contributed by atoms with Gasteiger partial charge in [0, 0.05) is 12.5 Å². The smallest absolute Gasteiger partial charge is 0.226 e. The van der Waals surface area contributed by atoms with Gasteiger partial charge in [0.1, 0.15) is 6.54 Å². The predicted octanol–water partition coefficient (Wildman–Crippen LogP) is 2.58. The molecular formula is C16H18N2O. The molecule has 1 aromatic carbocycles. The highest BCUT2D eigenvalue weighted by Gasteiger charge is 2.48. The van der Waals surface area contributed by atoms with Crippen molar-refractivity contribution in [3.8, 4) is 6.07 Å². The van der Waals surface area contributed by atoms with Crippen LogP contribution in [-0.2, 0) is 11.3 Å². The van der Waals surface area contributed by atoms with Gasteiger partial charge in [-0.25, -0.2) is 0 Å². The quantitative estimate of drug-likeness (QED) is 0.775. The van der Waals surface area contributed by atoms with Gasteiger partial charge >= 0.3 is 0 Å². The number of benzene rings is 1. The topological polar surface area (TPSA) is 44.1 Å². The molecule has 1 amide bonds. The van der Waals surface area contributed by atoms with Crippen LogP contribution in [0.5, 0.6) is 0 Å². The molecule has 2 aliphatic rings. The van der Waals surface area contributed by atoms with E-state index in [0.29, 0.717) is 6.54 Å². The maximum Gasteiger partial charge on any atom is 0.226 e. The molecule has 2 fully saturated rings. The molecule has 0 bridgehead atoms. The number of nitrogens with zero attached hydrogens (tertiary/aromatic N) is 2. The van der Waals surface area contributed by atoms with E-state index in [1.165, 1.54) is 6.42 Å². The molecule has 2 atom stereocenters. The van der Waals surface area contributed by atoms with Crippen LogP contribution in [0.15, 0.2) is 30.3 Å². The molecule has 3 nitrogen and oxygen atoms in total. The minimum atomic E-state index is 0.167. The Labute approximate surface area is 113 Å². The van der Waals surface area contributed by atoms with E-state index in [2.05, 4.69) is 6.07 Å². The van der Waals surface area contributed by atoms with Gasteiger partial charge < -0.3 is 4.90 Å². The van der Waals surface area contributed by atoms with E-state index in [-0.39, 0.29) is 18.4 Å². The Morgan fingerprint density at radius 1 is 1.21 bits per heavy atom. The van der Waals surface area contributed by atoms with Gasteiger partial charge in [-0.05, 0) is 36.7 Å². The third kappa shape index (κ3) is 2.63. The van der Waals surface area contributed by atoms with E-state index in [0.717, 1.165) is 30.2 Å². The van der Waals surface area contributed by atoms with Crippen molar-refractivity contribution in [2.75, 3.05) is 6.54 Å². The lowest BCUT2D eigenvalue weighted by atomic mass is 10.0. The van der Waals surface area contributed by atoms with E-state index in [1.54, 1.807) is 4.90 Å². The molecule has 3 heteroatoms. The fourth-order valence-electron chi connectivity index (χ4n) is 3.28. The Balaban J connectivity index is 1.66. The second kappa shape index (κ2) is 5.05. The SMILES string of the molecule is N#CCN(Cc1ccccc1)C(=O)C1CC2CC2C1. The molecule has 1 aromatic rings. The summed E-state index contributed by atoms with van der Waals surface area (Å²) in [5.74, 6) is 1.95. The summed E-state index contributed by atoms with van der Waals surface area (Å²) in [5.41, 5.74) is 1.09. The molecule has 0 N–H and O–H groups in total. The Hall–Kier alpha value is -1.82. The van der Waals surface area contributed by atoms with E-state index in [9.17, 15) is 4.79 Å². The van der Waals surface area contributed by atoms with Crippen molar-refractivity contribution in [3.63, 3.8) is 0 Å². The van der Waals surface area contributed by atoms with Crippen LogP contribution < -0.4 is 0 Å². The van der Waals surface area contributed by atoms with Crippen molar-refractivity contribution in [1.29, 1.82) is 5.26 Å². The molecule has 0 heterocycles. The Kier molecular flexibility index (Phi) is 3.25. The van der Waals surface area contributed by atoms with Gasteiger partial charge in [0.2, 0.25) is 5.91 Å². The molecule has 98 valence electrons. The molecule has 0 spiro atoms. The fraction of sp³-hybridized carbons (Fsp3) is 0.500. The van der Waals surface area contributed by atoms with Gasteiger partial charge in [-0.1, -0.05) is 30.3 Å². The molecule has 19 heavy (non-hydrogen) atoms. The van der Waals surface area contributed by atoms with Gasteiger partial charge in [-0.15, -0.1) is 0 Å². The first kappa shape index (κ1) is 12.2. The molecule has 2 aliphatic carbocycles. The number of rotatable bonds is 4. The monoisotopic (exact) mass is 254 g/mol. The third-order valence-electron chi connectivity index (χ3n) is 4.38. The number of hydrogen-bond donors (Lipinski definition) is 0. The summed E-state index contributed by atoms with van der Waals surface area (Å²) in [4.78, 5) is 14.2. The average molecular weight is 254 g/mol.